The van der Waals surface area contributed by atoms with Gasteiger partial charge >= 0.3 is 0 Å². The summed E-state index contributed by atoms with van der Waals surface area (Å²) in [5, 5.41) is 3.11. The van der Waals surface area contributed by atoms with Crippen molar-refractivity contribution in [1.82, 2.24) is 15.1 Å². The lowest BCUT2D eigenvalue weighted by Gasteiger charge is -2.14. The molecule has 2 fully saturated rings. The van der Waals surface area contributed by atoms with E-state index < -0.39 is 0 Å². The number of nitrogens with one attached hydrogen (secondary N) is 1. The fraction of sp³-hybridized carbons (Fsp3) is 0.846. The van der Waals surface area contributed by atoms with Gasteiger partial charge in [-0.25, -0.2) is 0 Å². The number of hydrogen-bond donors (Lipinski definition) is 1. The van der Waals surface area contributed by atoms with Gasteiger partial charge in [0.1, 0.15) is 0 Å². The Labute approximate surface area is 114 Å². The largest absolute Gasteiger partial charge is 0.379 e. The molecule has 0 spiro atoms. The summed E-state index contributed by atoms with van der Waals surface area (Å²) in [6, 6.07) is -0.159. The second-order valence-corrected chi connectivity index (χ2v) is 5.46. The normalized spacial score (nSPS) is 23.7. The quantitative estimate of drug-likeness (QED) is 0.473. The third-order valence-corrected chi connectivity index (χ3v) is 3.41. The van der Waals surface area contributed by atoms with Crippen LogP contribution >= 0.6 is 0 Å². The molecule has 1 N–H and O–H groups in total. The highest BCUT2D eigenvalue weighted by Crippen LogP contribution is 2.31. The summed E-state index contributed by atoms with van der Waals surface area (Å²) in [6.07, 6.45) is 2.24. The van der Waals surface area contributed by atoms with Crippen LogP contribution < -0.4 is 5.32 Å². The van der Waals surface area contributed by atoms with Crippen molar-refractivity contribution in [2.45, 2.75) is 31.3 Å². The minimum Gasteiger partial charge on any atom is -0.379 e. The second kappa shape index (κ2) is 6.45. The SMILES string of the molecule is CN(C)CCOCCNC1CC(=O)N(C2CC2)C1=O. The lowest BCUT2D eigenvalue weighted by molar-refractivity contribution is -0.139. The Morgan fingerprint density at radius 1 is 1.32 bits per heavy atom. The molecule has 1 aliphatic carbocycles. The van der Waals surface area contributed by atoms with Gasteiger partial charge in [0.05, 0.1) is 25.7 Å². The van der Waals surface area contributed by atoms with Gasteiger partial charge in [-0.15, -0.1) is 0 Å². The zero-order valence-electron chi connectivity index (χ0n) is 11.7. The van der Waals surface area contributed by atoms with E-state index in [4.69, 9.17) is 4.74 Å². The lowest BCUT2D eigenvalue weighted by Crippen LogP contribution is -2.41. The number of ether oxygens (including phenoxy) is 1. The van der Waals surface area contributed by atoms with Crippen molar-refractivity contribution < 1.29 is 14.3 Å². The molecule has 1 heterocycles. The highest BCUT2D eigenvalue weighted by atomic mass is 16.5. The first-order chi connectivity index (χ1) is 9.09. The van der Waals surface area contributed by atoms with Crippen LogP contribution in [0.3, 0.4) is 0 Å². The lowest BCUT2D eigenvalue weighted by atomic mass is 10.2. The topological polar surface area (TPSA) is 61.9 Å². The summed E-state index contributed by atoms with van der Waals surface area (Å²) in [7, 11) is 3.99. The fourth-order valence-electron chi connectivity index (χ4n) is 2.18. The van der Waals surface area contributed by atoms with Crippen molar-refractivity contribution >= 4 is 11.8 Å². The van der Waals surface area contributed by atoms with Gasteiger partial charge in [-0.2, -0.15) is 0 Å². The average Bonchev–Trinajstić information content (AvgIpc) is 3.12. The minimum atomic E-state index is -0.342. The van der Waals surface area contributed by atoms with Crippen LogP contribution in [0.1, 0.15) is 19.3 Å². The van der Waals surface area contributed by atoms with Gasteiger partial charge in [0.25, 0.3) is 0 Å². The number of nitrogens with zero attached hydrogens (tertiary/aromatic N) is 2. The molecule has 0 aromatic rings. The maximum Gasteiger partial charge on any atom is 0.247 e. The van der Waals surface area contributed by atoms with Crippen LogP contribution in [0, 0.1) is 0 Å². The molecule has 108 valence electrons. The summed E-state index contributed by atoms with van der Waals surface area (Å²) in [6.45, 7) is 2.74. The third kappa shape index (κ3) is 3.99. The molecule has 1 unspecified atom stereocenters. The molecule has 0 bridgehead atoms. The number of carbonyl (C=O) groups is 2. The van der Waals surface area contributed by atoms with E-state index in [9.17, 15) is 9.59 Å². The Morgan fingerprint density at radius 3 is 2.68 bits per heavy atom. The van der Waals surface area contributed by atoms with Crippen molar-refractivity contribution in [1.29, 1.82) is 0 Å². The second-order valence-electron chi connectivity index (χ2n) is 5.46. The molecular weight excluding hydrogens is 246 g/mol. The van der Waals surface area contributed by atoms with E-state index in [0.717, 1.165) is 19.4 Å². The molecular formula is C13H23N3O3. The van der Waals surface area contributed by atoms with Gasteiger partial charge in [-0.3, -0.25) is 14.5 Å². The minimum absolute atomic E-state index is 0.0291. The van der Waals surface area contributed by atoms with Crippen molar-refractivity contribution in [2.75, 3.05) is 40.4 Å². The number of hydrogen-bond acceptors (Lipinski definition) is 5. The standard InChI is InChI=1S/C13H23N3O3/c1-15(2)6-8-19-7-5-14-11-9-12(17)16(13(11)18)10-3-4-10/h10-11,14H,3-9H2,1-2H3. The van der Waals surface area contributed by atoms with Gasteiger partial charge in [0, 0.05) is 19.1 Å². The molecule has 0 aromatic carbocycles. The molecule has 1 saturated carbocycles. The summed E-state index contributed by atoms with van der Waals surface area (Å²) in [5.74, 6) is -0.0840. The molecule has 2 aliphatic rings. The molecule has 2 rings (SSSR count). The first kappa shape index (κ1) is 14.4. The molecule has 1 saturated heterocycles. The van der Waals surface area contributed by atoms with E-state index in [2.05, 4.69) is 10.2 Å². The van der Waals surface area contributed by atoms with Crippen molar-refractivity contribution in [3.05, 3.63) is 0 Å². The van der Waals surface area contributed by atoms with Crippen molar-refractivity contribution in [2.24, 2.45) is 0 Å². The van der Waals surface area contributed by atoms with E-state index >= 15 is 0 Å². The Hall–Kier alpha value is -0.980. The third-order valence-electron chi connectivity index (χ3n) is 3.41. The van der Waals surface area contributed by atoms with Crippen LogP contribution in [-0.2, 0) is 14.3 Å². The molecule has 19 heavy (non-hydrogen) atoms. The highest BCUT2D eigenvalue weighted by Gasteiger charge is 2.45. The maximum atomic E-state index is 12.0. The Bertz CT molecular complexity index is 342. The number of rotatable bonds is 8. The Morgan fingerprint density at radius 2 is 2.05 bits per heavy atom. The van der Waals surface area contributed by atoms with Crippen LogP contribution in [0.15, 0.2) is 0 Å². The summed E-state index contributed by atoms with van der Waals surface area (Å²) < 4.78 is 5.44. The first-order valence-corrected chi connectivity index (χ1v) is 6.91. The van der Waals surface area contributed by atoms with Gasteiger partial charge in [0.15, 0.2) is 0 Å². The van der Waals surface area contributed by atoms with E-state index in [1.807, 2.05) is 14.1 Å². The smallest absolute Gasteiger partial charge is 0.247 e. The first-order valence-electron chi connectivity index (χ1n) is 6.91. The zero-order chi connectivity index (χ0) is 13.8. The van der Waals surface area contributed by atoms with E-state index in [1.165, 1.54) is 4.90 Å². The monoisotopic (exact) mass is 269 g/mol. The molecule has 0 radical (unpaired) electrons. The van der Waals surface area contributed by atoms with Crippen LogP contribution in [0.25, 0.3) is 0 Å². The zero-order valence-corrected chi connectivity index (χ0v) is 11.7. The molecule has 6 nitrogen and oxygen atoms in total. The number of likely N-dealkylation sites (tertiary alicyclic amines) is 1. The molecule has 6 heteroatoms. The highest BCUT2D eigenvalue weighted by molar-refractivity contribution is 6.06. The Balaban J connectivity index is 1.61. The van der Waals surface area contributed by atoms with Gasteiger partial charge in [0.2, 0.25) is 11.8 Å². The average molecular weight is 269 g/mol. The van der Waals surface area contributed by atoms with Crippen LogP contribution in [0.2, 0.25) is 0 Å². The number of likely N-dealkylation sites (N-methyl/N-ethyl adjacent to an activating group) is 1. The predicted octanol–water partition coefficient (Wildman–Crippen LogP) is -0.556. The van der Waals surface area contributed by atoms with Crippen LogP contribution in [-0.4, -0.2) is 74.1 Å². The summed E-state index contributed by atoms with van der Waals surface area (Å²) in [4.78, 5) is 27.2. The molecule has 2 amide bonds. The Kier molecular flexibility index (Phi) is 4.90. The fourth-order valence-corrected chi connectivity index (χ4v) is 2.18. The van der Waals surface area contributed by atoms with Crippen molar-refractivity contribution in [3.63, 3.8) is 0 Å². The van der Waals surface area contributed by atoms with Crippen LogP contribution in [0.5, 0.6) is 0 Å². The van der Waals surface area contributed by atoms with Gasteiger partial charge in [-0.05, 0) is 26.9 Å². The summed E-state index contributed by atoms with van der Waals surface area (Å²) >= 11 is 0. The number of carbonyl (C=O) groups excluding carboxylic acids is 2. The summed E-state index contributed by atoms with van der Waals surface area (Å²) in [5.41, 5.74) is 0. The predicted molar refractivity (Wildman–Crippen MR) is 70.7 cm³/mol. The van der Waals surface area contributed by atoms with E-state index in [-0.39, 0.29) is 23.9 Å². The van der Waals surface area contributed by atoms with Crippen molar-refractivity contribution in [3.8, 4) is 0 Å². The molecule has 1 aliphatic heterocycles. The number of imide groups is 1. The number of amides is 2. The molecule has 0 aromatic heterocycles. The molecule has 1 atom stereocenters. The van der Waals surface area contributed by atoms with Crippen LogP contribution in [0.4, 0.5) is 0 Å². The van der Waals surface area contributed by atoms with Gasteiger partial charge < -0.3 is 15.0 Å². The maximum absolute atomic E-state index is 12.0. The van der Waals surface area contributed by atoms with E-state index in [1.54, 1.807) is 0 Å². The van der Waals surface area contributed by atoms with Gasteiger partial charge in [-0.1, -0.05) is 0 Å². The van der Waals surface area contributed by atoms with E-state index in [0.29, 0.717) is 26.2 Å².